The van der Waals surface area contributed by atoms with Crippen LogP contribution in [0.4, 0.5) is 18.9 Å². The van der Waals surface area contributed by atoms with Gasteiger partial charge in [0.05, 0.1) is 44.0 Å². The molecule has 1 aromatic carbocycles. The predicted octanol–water partition coefficient (Wildman–Crippen LogP) is 2.81. The van der Waals surface area contributed by atoms with Crippen molar-refractivity contribution in [1.82, 2.24) is 19.9 Å². The maximum atomic E-state index is 14.6. The number of methoxy groups -OCH3 is 1. The lowest BCUT2D eigenvalue weighted by Crippen LogP contribution is -2.23. The van der Waals surface area contributed by atoms with Crippen LogP contribution in [0.25, 0.3) is 0 Å². The van der Waals surface area contributed by atoms with E-state index in [0.29, 0.717) is 5.56 Å². The molecule has 0 aliphatic rings. The molecule has 9 nitrogen and oxygen atoms in total. The Morgan fingerprint density at radius 1 is 1.17 bits per heavy atom. The van der Waals surface area contributed by atoms with E-state index < -0.39 is 28.9 Å². The zero-order valence-corrected chi connectivity index (χ0v) is 18.9. The van der Waals surface area contributed by atoms with Gasteiger partial charge in [-0.25, -0.2) is 18.2 Å². The normalized spacial score (nSPS) is 10.9. The first kappa shape index (κ1) is 24.5. The standard InChI is InChI=1S/C24H20F3N5O4/c1-35-23-17(28)8-29-18(22(23)27)9-31-24(34)19-10-30-20(36-19)7-13-2-3-14(16(26)6-13)11-32-12-15(25)4-5-21(32)33/h2-6,8,10,12H,7,9,11,28H2,1H3,(H,31,34). The number of oxazole rings is 1. The van der Waals surface area contributed by atoms with Gasteiger partial charge in [0.15, 0.2) is 17.5 Å². The molecule has 0 aliphatic heterocycles. The Morgan fingerprint density at radius 3 is 2.72 bits per heavy atom. The van der Waals surface area contributed by atoms with Crippen molar-refractivity contribution in [3.8, 4) is 5.75 Å². The largest absolute Gasteiger partial charge is 0.491 e. The van der Waals surface area contributed by atoms with Gasteiger partial charge < -0.3 is 24.8 Å². The van der Waals surface area contributed by atoms with Crippen LogP contribution in [0.1, 0.15) is 33.3 Å². The summed E-state index contributed by atoms with van der Waals surface area (Å²) in [6, 6.07) is 6.42. The van der Waals surface area contributed by atoms with Crippen molar-refractivity contribution in [3.05, 3.63) is 105 Å². The number of nitrogens with one attached hydrogen (secondary N) is 1. The van der Waals surface area contributed by atoms with Gasteiger partial charge in [-0.2, -0.15) is 0 Å². The Hall–Kier alpha value is -4.61. The summed E-state index contributed by atoms with van der Waals surface area (Å²) in [5, 5.41) is 2.47. The summed E-state index contributed by atoms with van der Waals surface area (Å²) in [6.45, 7) is -0.389. The number of carbonyl (C=O) groups excluding carboxylic acids is 1. The number of nitrogens with zero attached hydrogens (tertiary/aromatic N) is 3. The maximum Gasteiger partial charge on any atom is 0.289 e. The van der Waals surface area contributed by atoms with Crippen molar-refractivity contribution in [3.63, 3.8) is 0 Å². The second kappa shape index (κ2) is 10.3. The summed E-state index contributed by atoms with van der Waals surface area (Å²) in [5.74, 6) is -2.80. The predicted molar refractivity (Wildman–Crippen MR) is 122 cm³/mol. The van der Waals surface area contributed by atoms with Crippen molar-refractivity contribution in [1.29, 1.82) is 0 Å². The van der Waals surface area contributed by atoms with E-state index in [1.807, 2.05) is 0 Å². The lowest BCUT2D eigenvalue weighted by atomic mass is 10.1. The van der Waals surface area contributed by atoms with Gasteiger partial charge in [-0.15, -0.1) is 0 Å². The highest BCUT2D eigenvalue weighted by atomic mass is 19.1. The fourth-order valence-corrected chi connectivity index (χ4v) is 3.41. The number of carbonyl (C=O) groups is 1. The molecule has 186 valence electrons. The molecule has 3 heterocycles. The summed E-state index contributed by atoms with van der Waals surface area (Å²) < 4.78 is 53.7. The molecule has 0 unspecified atom stereocenters. The van der Waals surface area contributed by atoms with Crippen LogP contribution in [0.3, 0.4) is 0 Å². The minimum absolute atomic E-state index is 0.0253. The third kappa shape index (κ3) is 5.37. The fourth-order valence-electron chi connectivity index (χ4n) is 3.41. The minimum atomic E-state index is -0.788. The molecular weight excluding hydrogens is 479 g/mol. The number of hydrogen-bond acceptors (Lipinski definition) is 7. The van der Waals surface area contributed by atoms with Crippen molar-refractivity contribution >= 4 is 11.6 Å². The summed E-state index contributed by atoms with van der Waals surface area (Å²) in [4.78, 5) is 32.1. The zero-order valence-electron chi connectivity index (χ0n) is 18.9. The molecule has 0 saturated heterocycles. The minimum Gasteiger partial charge on any atom is -0.491 e. The molecule has 0 saturated carbocycles. The summed E-state index contributed by atoms with van der Waals surface area (Å²) in [6.07, 6.45) is 3.49. The first-order valence-electron chi connectivity index (χ1n) is 10.6. The average Bonchev–Trinajstić information content (AvgIpc) is 3.31. The third-order valence-electron chi connectivity index (χ3n) is 5.23. The van der Waals surface area contributed by atoms with Crippen LogP contribution in [0.2, 0.25) is 0 Å². The van der Waals surface area contributed by atoms with Crippen molar-refractivity contribution < 1.29 is 27.1 Å². The molecule has 0 atom stereocenters. The molecule has 0 bridgehead atoms. The van der Waals surface area contributed by atoms with E-state index in [-0.39, 0.29) is 53.9 Å². The van der Waals surface area contributed by atoms with Crippen LogP contribution in [-0.2, 0) is 19.5 Å². The molecule has 36 heavy (non-hydrogen) atoms. The van der Waals surface area contributed by atoms with Crippen LogP contribution in [-0.4, -0.2) is 27.6 Å². The van der Waals surface area contributed by atoms with Crippen molar-refractivity contribution in [2.75, 3.05) is 12.8 Å². The van der Waals surface area contributed by atoms with E-state index in [1.54, 1.807) is 6.07 Å². The molecule has 3 aromatic heterocycles. The van der Waals surface area contributed by atoms with Gasteiger partial charge in [0.25, 0.3) is 11.5 Å². The number of anilines is 1. The van der Waals surface area contributed by atoms with Gasteiger partial charge in [0.1, 0.15) is 11.6 Å². The van der Waals surface area contributed by atoms with E-state index in [2.05, 4.69) is 15.3 Å². The number of benzene rings is 1. The smallest absolute Gasteiger partial charge is 0.289 e. The number of rotatable bonds is 8. The summed E-state index contributed by atoms with van der Waals surface area (Å²) in [7, 11) is 1.26. The van der Waals surface area contributed by atoms with Crippen molar-refractivity contribution in [2.45, 2.75) is 19.5 Å². The van der Waals surface area contributed by atoms with Crippen molar-refractivity contribution in [2.24, 2.45) is 0 Å². The molecule has 0 spiro atoms. The van der Waals surface area contributed by atoms with E-state index >= 15 is 0 Å². The second-order valence-corrected chi connectivity index (χ2v) is 7.72. The lowest BCUT2D eigenvalue weighted by molar-refractivity contribution is 0.0920. The average molecular weight is 499 g/mol. The molecule has 4 rings (SSSR count). The molecule has 12 heteroatoms. The van der Waals surface area contributed by atoms with Crippen LogP contribution >= 0.6 is 0 Å². The molecule has 4 aromatic rings. The van der Waals surface area contributed by atoms with Gasteiger partial charge in [0.2, 0.25) is 5.76 Å². The van der Waals surface area contributed by atoms with Crippen LogP contribution < -0.4 is 21.3 Å². The number of ether oxygens (including phenoxy) is 1. The Bertz CT molecular complexity index is 1490. The van der Waals surface area contributed by atoms with Gasteiger partial charge in [-0.05, 0) is 17.7 Å². The number of pyridine rings is 2. The number of halogens is 3. The van der Waals surface area contributed by atoms with Gasteiger partial charge >= 0.3 is 0 Å². The van der Waals surface area contributed by atoms with Gasteiger partial charge in [0, 0.05) is 24.2 Å². The summed E-state index contributed by atoms with van der Waals surface area (Å²) in [5.41, 5.74) is 5.77. The Balaban J connectivity index is 1.40. The maximum absolute atomic E-state index is 14.6. The number of amides is 1. The fraction of sp³-hybridized carbons (Fsp3) is 0.167. The Kier molecular flexibility index (Phi) is 7.04. The molecule has 3 N–H and O–H groups in total. The highest BCUT2D eigenvalue weighted by Gasteiger charge is 2.17. The zero-order chi connectivity index (χ0) is 25.8. The molecule has 1 amide bonds. The topological polar surface area (TPSA) is 125 Å². The highest BCUT2D eigenvalue weighted by molar-refractivity contribution is 5.91. The third-order valence-corrected chi connectivity index (χ3v) is 5.23. The molecule has 0 fully saturated rings. The SMILES string of the molecule is COc1c(N)cnc(CNC(=O)c2cnc(Cc3ccc(Cn4cc(F)ccc4=O)c(F)c3)o2)c1F. The van der Waals surface area contributed by atoms with E-state index in [9.17, 15) is 22.8 Å². The Morgan fingerprint density at radius 2 is 1.97 bits per heavy atom. The van der Waals surface area contributed by atoms with Crippen LogP contribution in [0, 0.1) is 17.5 Å². The Labute approximate surface area is 202 Å². The monoisotopic (exact) mass is 499 g/mol. The highest BCUT2D eigenvalue weighted by Crippen LogP contribution is 2.25. The van der Waals surface area contributed by atoms with Crippen LogP contribution in [0.15, 0.2) is 58.1 Å². The van der Waals surface area contributed by atoms with E-state index in [0.717, 1.165) is 22.9 Å². The quantitative estimate of drug-likeness (QED) is 0.382. The molecule has 0 radical (unpaired) electrons. The number of nitrogens with two attached hydrogens (primary N) is 1. The van der Waals surface area contributed by atoms with Crippen LogP contribution in [0.5, 0.6) is 5.75 Å². The first-order chi connectivity index (χ1) is 17.2. The first-order valence-corrected chi connectivity index (χ1v) is 10.6. The molecule has 0 aliphatic carbocycles. The summed E-state index contributed by atoms with van der Waals surface area (Å²) >= 11 is 0. The second-order valence-electron chi connectivity index (χ2n) is 7.72. The number of hydrogen-bond donors (Lipinski definition) is 2. The number of nitrogen functional groups attached to an aromatic ring is 1. The van der Waals surface area contributed by atoms with Gasteiger partial charge in [-0.1, -0.05) is 12.1 Å². The number of aromatic nitrogens is 3. The van der Waals surface area contributed by atoms with E-state index in [4.69, 9.17) is 14.9 Å². The molecular formula is C24H20F3N5O4. The lowest BCUT2D eigenvalue weighted by Gasteiger charge is -2.09. The van der Waals surface area contributed by atoms with Gasteiger partial charge in [-0.3, -0.25) is 14.6 Å². The van der Waals surface area contributed by atoms with E-state index in [1.165, 1.54) is 31.6 Å².